The van der Waals surface area contributed by atoms with Gasteiger partial charge in [0.25, 0.3) is 0 Å². The number of hydrogen-bond donors (Lipinski definition) is 13. The number of aromatic nitrogens is 1. The van der Waals surface area contributed by atoms with Crippen LogP contribution in [0.1, 0.15) is 115 Å². The van der Waals surface area contributed by atoms with Crippen LogP contribution in [-0.2, 0) is 97.4 Å². The number of nitrogens with two attached hydrogens (primary N) is 1. The van der Waals surface area contributed by atoms with Gasteiger partial charge in [-0.2, -0.15) is 0 Å². The average Bonchev–Trinajstić information content (AvgIpc) is 0.992. The Bertz CT molecular complexity index is 4580. The summed E-state index contributed by atoms with van der Waals surface area (Å²) >= 11 is 6.87. The number of likely N-dealkylation sites (N-methyl/N-ethyl adjacent to an activating group) is 2. The van der Waals surface area contributed by atoms with E-state index in [0.29, 0.717) is 53.1 Å². The first-order valence-corrected chi connectivity index (χ1v) is 43.2. The summed E-state index contributed by atoms with van der Waals surface area (Å²) in [5, 5.41) is 55.9. The maximum Gasteiger partial charge on any atom is 0.409 e. The van der Waals surface area contributed by atoms with Gasteiger partial charge < -0.3 is 102 Å². The molecule has 15 atom stereocenters. The van der Waals surface area contributed by atoms with Crippen molar-refractivity contribution in [2.45, 2.75) is 196 Å². The van der Waals surface area contributed by atoms with E-state index in [0.717, 1.165) is 26.9 Å². The molecule has 4 aromatic carbocycles. The third kappa shape index (κ3) is 25.2. The van der Waals surface area contributed by atoms with Crippen LogP contribution < -0.4 is 57.9 Å². The molecule has 14 N–H and O–H groups in total. The van der Waals surface area contributed by atoms with E-state index in [1.165, 1.54) is 105 Å². The zero-order valence-corrected chi connectivity index (χ0v) is 72.0. The zero-order valence-electron chi connectivity index (χ0n) is 69.6. The Kier molecular flexibility index (Phi) is 34.4. The fraction of sp³-hybridized carbons (Fsp3) is 0.506. The Labute approximate surface area is 715 Å². The molecule has 5 aliphatic rings. The van der Waals surface area contributed by atoms with Crippen molar-refractivity contribution in [3.8, 4) is 11.5 Å². The molecule has 0 aliphatic carbocycles. The number of nitrogens with zero attached hydrogens (tertiary/aromatic N) is 3. The second-order valence-corrected chi connectivity index (χ2v) is 34.1. The summed E-state index contributed by atoms with van der Waals surface area (Å²) in [6, 6.07) is 14.9. The fourth-order valence-corrected chi connectivity index (χ4v) is 17.3. The quantitative estimate of drug-likeness (QED) is 0.0177. The van der Waals surface area contributed by atoms with Gasteiger partial charge in [-0.15, -0.1) is 0 Å². The SMILES string of the molecule is COc1cc2cc(c1Cl)N(C)C(=O)CC1(OC(=O)[C@H](C)N(C)C(=O)CCSSCCC(=O)NCCNC(=O)CC[C@H]3C(=O)N[C@@H](Cc4ccc(O)cc4)C(=O)N[C@H](Cc4c[nH]c5ccccc45)C(=O)N[C@@H](CCCCN)C(=O)N[C@@H]([C@@H](C)O)C(=O)N[C@@H](Cc4ccccc4)C(=O)N3C)O[C@@H]([C@H](C)[C@@H]3C[C@@](O)(NC(=O)O3)[C@H](OC)/C=C/C=C(\C)C2)[C@@H]1C. The van der Waals surface area contributed by atoms with E-state index in [2.05, 4.69) is 47.5 Å². The number of allylic oxidation sites excluding steroid dienone is 3. The van der Waals surface area contributed by atoms with Crippen molar-refractivity contribution in [1.82, 2.24) is 57.3 Å². The number of rotatable bonds is 29. The second-order valence-electron chi connectivity index (χ2n) is 31.1. The lowest BCUT2D eigenvalue weighted by molar-refractivity contribution is -0.377. The predicted octanol–water partition coefficient (Wildman–Crippen LogP) is 4.58. The van der Waals surface area contributed by atoms with Gasteiger partial charge in [0, 0.05) is 127 Å². The standard InChI is InChI=1S/C85H112ClN13O20S2/c1-48-19-18-25-68(116-10)84(114)45-67(117-83(113)96-84)49(2)75-50(3)85(118-75,46-72(105)98(7)65-42-55(39-48)43-66(115-9)73(65)86)119-82(112)51(4)97(6)71(104)33-38-121-120-37-32-70(103)89-36-35-88-69(102)31-30-64-79(109)93-61(40-54-26-28-57(101)29-27-54)77(107)92-62(44-56-47-90-59-23-15-14-22-58(56)59)78(108)91-60(24-16-17-34-87)76(106)95-74(52(5)100)80(110)94-63(81(111)99(64)8)41-53-20-12-11-13-21-53/h11-15,18-23,25-29,42-43,47,49-52,60-64,67-68,74-75,90,100-101,114H,16-17,24,30-41,44-46,87H2,1-10H3,(H,88,102)(H,89,103)(H,91,108)(H,92,107)(H,93,109)(H,94,110)(H,95,106)(H,96,113)/b25-18+,48-19+/t49-,50+,51+,52-,60+,61+,62-,63+,64+,67+,68-,74+,75+,84+,85?/m1/s1. The highest BCUT2D eigenvalue weighted by molar-refractivity contribution is 8.76. The van der Waals surface area contributed by atoms with Crippen LogP contribution in [-0.4, -0.2) is 246 Å². The number of phenolic OH excluding ortho intramolecular Hbond substituents is 1. The molecule has 0 radical (unpaired) electrons. The Morgan fingerprint density at radius 2 is 1.38 bits per heavy atom. The second kappa shape index (κ2) is 44.0. The van der Waals surface area contributed by atoms with Crippen molar-refractivity contribution in [1.29, 1.82) is 0 Å². The number of esters is 1. The lowest BCUT2D eigenvalue weighted by Crippen LogP contribution is -2.68. The number of hydrogen-bond acceptors (Lipinski definition) is 23. The molecule has 1 unspecified atom stereocenters. The summed E-state index contributed by atoms with van der Waals surface area (Å²) in [5.74, 6) is -10.6. The number of nitrogens with one attached hydrogen (secondary N) is 9. The molecular formula is C85H112ClN13O20S2. The molecule has 0 spiro atoms. The minimum Gasteiger partial charge on any atom is -0.508 e. The normalized spacial score (nSPS) is 25.9. The molecule has 10 rings (SSSR count). The maximum atomic E-state index is 15.2. The summed E-state index contributed by atoms with van der Waals surface area (Å²) in [6.07, 6.45) is 0.862. The van der Waals surface area contributed by atoms with Gasteiger partial charge in [0.15, 0.2) is 5.72 Å². The number of aromatic amines is 1. The lowest BCUT2D eigenvalue weighted by Gasteiger charge is -2.55. The molecule has 121 heavy (non-hydrogen) atoms. The van der Waals surface area contributed by atoms with Crippen LogP contribution in [0, 0.1) is 11.8 Å². The number of methoxy groups -OCH3 is 2. The van der Waals surface area contributed by atoms with Crippen molar-refractivity contribution in [3.63, 3.8) is 0 Å². The molecule has 0 saturated carbocycles. The first kappa shape index (κ1) is 94.6. The van der Waals surface area contributed by atoms with Crippen molar-refractivity contribution in [3.05, 3.63) is 148 Å². The molecular weight excluding hydrogens is 1620 g/mol. The van der Waals surface area contributed by atoms with Crippen molar-refractivity contribution >= 4 is 121 Å². The number of aromatic hydroxyl groups is 1. The number of halogens is 1. The van der Waals surface area contributed by atoms with Gasteiger partial charge in [0.1, 0.15) is 71.0 Å². The monoisotopic (exact) mass is 1730 g/mol. The molecule has 33 nitrogen and oxygen atoms in total. The largest absolute Gasteiger partial charge is 0.508 e. The highest BCUT2D eigenvalue weighted by Gasteiger charge is 2.62. The molecule has 36 heteroatoms. The number of alkyl carbamates (subject to hydrolysis) is 1. The number of H-pyrrole nitrogens is 1. The molecule has 6 heterocycles. The average molecular weight is 1740 g/mol. The minimum atomic E-state index is -1.92. The zero-order chi connectivity index (χ0) is 88.0. The van der Waals surface area contributed by atoms with E-state index in [1.807, 2.05) is 31.2 Å². The van der Waals surface area contributed by atoms with Crippen LogP contribution in [0.25, 0.3) is 10.9 Å². The van der Waals surface area contributed by atoms with Crippen LogP contribution >= 0.6 is 33.2 Å². The number of ether oxygens (including phenoxy) is 5. The molecule has 3 fully saturated rings. The number of fused-ring (bicyclic) bond motifs is 6. The van der Waals surface area contributed by atoms with Crippen molar-refractivity contribution in [2.75, 3.05) is 71.4 Å². The molecule has 656 valence electrons. The first-order chi connectivity index (χ1) is 57.7. The lowest BCUT2D eigenvalue weighted by atomic mass is 9.75. The van der Waals surface area contributed by atoms with Gasteiger partial charge in [-0.25, -0.2) is 9.59 Å². The van der Waals surface area contributed by atoms with Crippen molar-refractivity contribution < 1.29 is 96.5 Å². The smallest absolute Gasteiger partial charge is 0.409 e. The summed E-state index contributed by atoms with van der Waals surface area (Å²) in [5.41, 5.74) is 8.19. The number of unbranched alkanes of at least 4 members (excludes halogenated alkanes) is 1. The van der Waals surface area contributed by atoms with Gasteiger partial charge in [-0.1, -0.05) is 132 Å². The summed E-state index contributed by atoms with van der Waals surface area (Å²) in [4.78, 5) is 179. The predicted molar refractivity (Wildman–Crippen MR) is 455 cm³/mol. The Morgan fingerprint density at radius 3 is 2.05 bits per heavy atom. The van der Waals surface area contributed by atoms with E-state index in [4.69, 9.17) is 41.0 Å². The first-order valence-electron chi connectivity index (χ1n) is 40.4. The molecule has 5 aliphatic heterocycles. The molecule has 5 aromatic rings. The third-order valence-corrected chi connectivity index (χ3v) is 25.1. The van der Waals surface area contributed by atoms with Gasteiger partial charge in [0.2, 0.25) is 64.9 Å². The molecule has 3 saturated heterocycles. The highest BCUT2D eigenvalue weighted by atomic mass is 35.5. The number of aliphatic hydroxyl groups excluding tert-OH is 1. The van der Waals surface area contributed by atoms with E-state index < -0.39 is 168 Å². The number of anilines is 1. The van der Waals surface area contributed by atoms with Crippen LogP contribution in [0.5, 0.6) is 11.5 Å². The van der Waals surface area contributed by atoms with Crippen LogP contribution in [0.15, 0.2) is 121 Å². The van der Waals surface area contributed by atoms with Crippen LogP contribution in [0.4, 0.5) is 10.5 Å². The van der Waals surface area contributed by atoms with Gasteiger partial charge in [0.05, 0.1) is 31.4 Å². The van der Waals surface area contributed by atoms with Crippen molar-refractivity contribution in [2.24, 2.45) is 17.6 Å². The van der Waals surface area contributed by atoms with E-state index in [1.54, 1.807) is 80.7 Å². The number of carbonyl (C=O) groups is 12. The Balaban J connectivity index is 0.817. The Hall–Kier alpha value is -10.3. The van der Waals surface area contributed by atoms with E-state index in [-0.39, 0.29) is 93.4 Å². The van der Waals surface area contributed by atoms with Gasteiger partial charge in [-0.05, 0) is 112 Å². The number of aliphatic hydroxyl groups is 2. The highest BCUT2D eigenvalue weighted by Crippen LogP contribution is 2.49. The van der Waals surface area contributed by atoms with E-state index >= 15 is 14.4 Å². The molecule has 6 bridgehead atoms. The molecule has 1 aromatic heterocycles. The van der Waals surface area contributed by atoms with E-state index in [9.17, 15) is 58.5 Å². The summed E-state index contributed by atoms with van der Waals surface area (Å²) < 4.78 is 29.8. The summed E-state index contributed by atoms with van der Waals surface area (Å²) in [7, 11) is 9.75. The number of carbonyl (C=O) groups excluding carboxylic acids is 12. The third-order valence-electron chi connectivity index (χ3n) is 22.3. The van der Waals surface area contributed by atoms with Crippen LogP contribution in [0.2, 0.25) is 5.02 Å². The number of phenols is 1. The summed E-state index contributed by atoms with van der Waals surface area (Å²) in [6.45, 7) is 8.27. The van der Waals surface area contributed by atoms with Gasteiger partial charge in [-0.3, -0.25) is 53.3 Å². The Morgan fingerprint density at radius 1 is 0.760 bits per heavy atom. The van der Waals surface area contributed by atoms with Gasteiger partial charge >= 0.3 is 12.1 Å². The number of para-hydroxylation sites is 1. The molecule has 11 amide bonds. The van der Waals surface area contributed by atoms with Crippen LogP contribution in [0.3, 0.4) is 0 Å². The fourth-order valence-electron chi connectivity index (χ4n) is 15.0. The topological polar surface area (TPSA) is 459 Å². The maximum absolute atomic E-state index is 15.2. The number of benzene rings is 4. The minimum absolute atomic E-state index is 0.0177. The number of amides is 11.